The number of rotatable bonds is 2. The third-order valence-corrected chi connectivity index (χ3v) is 4.69. The number of hydrogen-bond donors (Lipinski definition) is 0. The largest absolute Gasteiger partial charge is 0.232 e. The van der Waals surface area contributed by atoms with Crippen LogP contribution in [0.25, 0.3) is 16.9 Å². The zero-order chi connectivity index (χ0) is 17.4. The Morgan fingerprint density at radius 3 is 2.17 bits per heavy atom. The number of nitrogens with zero attached hydrogens (tertiary/aromatic N) is 3. The van der Waals surface area contributed by atoms with Crippen LogP contribution in [0, 0.1) is 45.9 Å². The zero-order valence-electron chi connectivity index (χ0n) is 14.8. The molecule has 3 aromatic rings. The van der Waals surface area contributed by atoms with Crippen molar-refractivity contribution in [3.63, 3.8) is 0 Å². The monoisotopic (exact) mass is 315 g/mol. The van der Waals surface area contributed by atoms with Crippen molar-refractivity contribution in [3.05, 3.63) is 69.9 Å². The van der Waals surface area contributed by atoms with Crippen LogP contribution in [0.4, 0.5) is 0 Å². The van der Waals surface area contributed by atoms with Crippen molar-refractivity contribution in [2.45, 2.75) is 34.6 Å². The predicted molar refractivity (Wildman–Crippen MR) is 97.4 cm³/mol. The summed E-state index contributed by atoms with van der Waals surface area (Å²) >= 11 is 0. The first-order valence-electron chi connectivity index (χ1n) is 8.07. The van der Waals surface area contributed by atoms with Crippen molar-refractivity contribution < 1.29 is 0 Å². The molecule has 0 aliphatic carbocycles. The van der Waals surface area contributed by atoms with Gasteiger partial charge in [0.1, 0.15) is 6.07 Å². The average molecular weight is 315 g/mol. The molecule has 3 heteroatoms. The summed E-state index contributed by atoms with van der Waals surface area (Å²) in [5.74, 6) is 0. The second kappa shape index (κ2) is 5.98. The van der Waals surface area contributed by atoms with Gasteiger partial charge >= 0.3 is 0 Å². The van der Waals surface area contributed by atoms with Crippen LogP contribution >= 0.6 is 0 Å². The highest BCUT2D eigenvalue weighted by molar-refractivity contribution is 5.73. The highest BCUT2D eigenvalue weighted by Gasteiger charge is 2.17. The molecule has 0 atom stereocenters. The summed E-state index contributed by atoms with van der Waals surface area (Å²) in [6, 6.07) is 14.5. The molecule has 0 aliphatic rings. The van der Waals surface area contributed by atoms with Crippen LogP contribution < -0.4 is 0 Å². The van der Waals surface area contributed by atoms with Gasteiger partial charge in [-0.15, -0.1) is 0 Å². The van der Waals surface area contributed by atoms with Crippen LogP contribution in [0.2, 0.25) is 0 Å². The van der Waals surface area contributed by atoms with Crippen molar-refractivity contribution >= 4 is 0 Å². The second-order valence-corrected chi connectivity index (χ2v) is 6.41. The quantitative estimate of drug-likeness (QED) is 0.671. The van der Waals surface area contributed by atoms with Crippen molar-refractivity contribution in [1.82, 2.24) is 9.78 Å². The van der Waals surface area contributed by atoms with Gasteiger partial charge in [-0.1, -0.05) is 18.2 Å². The minimum Gasteiger partial charge on any atom is -0.232 e. The van der Waals surface area contributed by atoms with E-state index in [9.17, 15) is 5.26 Å². The molecular formula is C21H21N3. The third kappa shape index (κ3) is 2.61. The van der Waals surface area contributed by atoms with Gasteiger partial charge in [-0.3, -0.25) is 0 Å². The molecule has 0 saturated heterocycles. The lowest BCUT2D eigenvalue weighted by molar-refractivity contribution is 0.877. The van der Waals surface area contributed by atoms with Gasteiger partial charge < -0.3 is 0 Å². The van der Waals surface area contributed by atoms with Gasteiger partial charge in [0.25, 0.3) is 0 Å². The molecule has 0 unspecified atom stereocenters. The fraction of sp³-hybridized carbons (Fsp3) is 0.238. The molecule has 2 aromatic carbocycles. The molecule has 24 heavy (non-hydrogen) atoms. The standard InChI is InChI=1S/C21H21N3/c1-13-7-6-8-19(9-13)24-20(11-18(12-22)23-24)21-16(4)14(2)10-15(3)17(21)5/h6-11H,1-5H3. The van der Waals surface area contributed by atoms with E-state index in [1.54, 1.807) is 0 Å². The maximum Gasteiger partial charge on any atom is 0.163 e. The summed E-state index contributed by atoms with van der Waals surface area (Å²) in [5, 5.41) is 13.9. The Bertz CT molecular complexity index is 945. The van der Waals surface area contributed by atoms with Crippen LogP contribution in [0.15, 0.2) is 36.4 Å². The summed E-state index contributed by atoms with van der Waals surface area (Å²) in [7, 11) is 0. The van der Waals surface area contributed by atoms with E-state index >= 15 is 0 Å². The molecule has 0 spiro atoms. The first-order valence-corrected chi connectivity index (χ1v) is 8.07. The topological polar surface area (TPSA) is 41.6 Å². The Morgan fingerprint density at radius 2 is 1.58 bits per heavy atom. The van der Waals surface area contributed by atoms with Crippen molar-refractivity contribution in [2.75, 3.05) is 0 Å². The normalized spacial score (nSPS) is 10.7. The average Bonchev–Trinajstić information content (AvgIpc) is 2.97. The summed E-state index contributed by atoms with van der Waals surface area (Å²) in [6.07, 6.45) is 0. The molecule has 0 radical (unpaired) electrons. The molecule has 0 saturated carbocycles. The van der Waals surface area contributed by atoms with Gasteiger partial charge in [-0.05, 0) is 74.6 Å². The minimum atomic E-state index is 0.435. The molecule has 0 amide bonds. The molecular weight excluding hydrogens is 294 g/mol. The van der Waals surface area contributed by atoms with Gasteiger partial charge in [0.2, 0.25) is 0 Å². The number of aromatic nitrogens is 2. The van der Waals surface area contributed by atoms with Crippen LogP contribution in [0.3, 0.4) is 0 Å². The Kier molecular flexibility index (Phi) is 3.99. The minimum absolute atomic E-state index is 0.435. The Labute approximate surface area is 143 Å². The van der Waals surface area contributed by atoms with Crippen LogP contribution in [-0.4, -0.2) is 9.78 Å². The molecule has 0 bridgehead atoms. The molecule has 3 rings (SSSR count). The Hall–Kier alpha value is -2.86. The van der Waals surface area contributed by atoms with E-state index < -0.39 is 0 Å². The highest BCUT2D eigenvalue weighted by atomic mass is 15.3. The number of nitriles is 1. The third-order valence-electron chi connectivity index (χ3n) is 4.69. The van der Waals surface area contributed by atoms with Gasteiger partial charge in [-0.2, -0.15) is 10.4 Å². The maximum atomic E-state index is 9.35. The molecule has 1 heterocycles. The van der Waals surface area contributed by atoms with Crippen molar-refractivity contribution in [1.29, 1.82) is 5.26 Å². The smallest absolute Gasteiger partial charge is 0.163 e. The second-order valence-electron chi connectivity index (χ2n) is 6.41. The lowest BCUT2D eigenvalue weighted by Gasteiger charge is -2.17. The fourth-order valence-corrected chi connectivity index (χ4v) is 3.17. The lowest BCUT2D eigenvalue weighted by atomic mass is 9.92. The Balaban J connectivity index is 2.35. The SMILES string of the molecule is Cc1cccc(-n2nc(C#N)cc2-c2c(C)c(C)cc(C)c2C)c1. The summed E-state index contributed by atoms with van der Waals surface area (Å²) in [5.41, 5.74) is 9.69. The van der Waals surface area contributed by atoms with E-state index in [1.807, 2.05) is 22.9 Å². The van der Waals surface area contributed by atoms with E-state index in [2.05, 4.69) is 64.0 Å². The van der Waals surface area contributed by atoms with E-state index in [0.717, 1.165) is 11.4 Å². The Morgan fingerprint density at radius 1 is 0.917 bits per heavy atom. The molecule has 0 fully saturated rings. The molecule has 3 nitrogen and oxygen atoms in total. The van der Waals surface area contributed by atoms with E-state index in [-0.39, 0.29) is 0 Å². The number of aryl methyl sites for hydroxylation is 3. The van der Waals surface area contributed by atoms with Crippen molar-refractivity contribution in [3.8, 4) is 23.0 Å². The number of benzene rings is 2. The summed E-state index contributed by atoms with van der Waals surface area (Å²) < 4.78 is 1.89. The molecule has 0 N–H and O–H groups in total. The fourth-order valence-electron chi connectivity index (χ4n) is 3.17. The van der Waals surface area contributed by atoms with Crippen LogP contribution in [-0.2, 0) is 0 Å². The van der Waals surface area contributed by atoms with E-state index in [4.69, 9.17) is 0 Å². The zero-order valence-corrected chi connectivity index (χ0v) is 14.8. The van der Waals surface area contributed by atoms with Gasteiger partial charge in [-0.25, -0.2) is 4.68 Å². The molecule has 1 aromatic heterocycles. The van der Waals surface area contributed by atoms with Crippen LogP contribution in [0.5, 0.6) is 0 Å². The first kappa shape index (κ1) is 16.0. The maximum absolute atomic E-state index is 9.35. The summed E-state index contributed by atoms with van der Waals surface area (Å²) in [4.78, 5) is 0. The molecule has 120 valence electrons. The highest BCUT2D eigenvalue weighted by Crippen LogP contribution is 2.33. The first-order chi connectivity index (χ1) is 11.4. The van der Waals surface area contributed by atoms with Crippen LogP contribution in [0.1, 0.15) is 33.5 Å². The predicted octanol–water partition coefficient (Wildman–Crippen LogP) is 4.95. The van der Waals surface area contributed by atoms with Gasteiger partial charge in [0, 0.05) is 11.6 Å². The number of hydrogen-bond acceptors (Lipinski definition) is 2. The molecule has 0 aliphatic heterocycles. The van der Waals surface area contributed by atoms with E-state index in [0.29, 0.717) is 5.69 Å². The van der Waals surface area contributed by atoms with Crippen molar-refractivity contribution in [2.24, 2.45) is 0 Å². The van der Waals surface area contributed by atoms with Gasteiger partial charge in [0.15, 0.2) is 5.69 Å². The lowest BCUT2D eigenvalue weighted by Crippen LogP contribution is -2.03. The summed E-state index contributed by atoms with van der Waals surface area (Å²) in [6.45, 7) is 10.6. The van der Waals surface area contributed by atoms with E-state index in [1.165, 1.54) is 33.4 Å². The van der Waals surface area contributed by atoms with Gasteiger partial charge in [0.05, 0.1) is 11.4 Å².